The van der Waals surface area contributed by atoms with E-state index in [2.05, 4.69) is 11.8 Å². The van der Waals surface area contributed by atoms with E-state index in [-0.39, 0.29) is 0 Å². The zero-order valence-electron chi connectivity index (χ0n) is 6.79. The van der Waals surface area contributed by atoms with E-state index in [1.54, 1.807) is 0 Å². The molecule has 2 nitrogen and oxygen atoms in total. The summed E-state index contributed by atoms with van der Waals surface area (Å²) >= 11 is 0. The summed E-state index contributed by atoms with van der Waals surface area (Å²) in [5.74, 6) is 6.34. The number of hydrogen-bond donors (Lipinski definition) is 1. The van der Waals surface area contributed by atoms with Gasteiger partial charge in [0.15, 0.2) is 0 Å². The van der Waals surface area contributed by atoms with Crippen molar-refractivity contribution in [3.8, 4) is 17.6 Å². The molecule has 1 rings (SSSR count). The molecule has 0 spiro atoms. The molecule has 0 unspecified atom stereocenters. The van der Waals surface area contributed by atoms with Crippen molar-refractivity contribution in [3.05, 3.63) is 30.3 Å². The number of para-hydroxylation sites is 1. The Bertz CT molecular complexity index is 271. The van der Waals surface area contributed by atoms with Gasteiger partial charge < -0.3 is 10.5 Å². The molecule has 0 bridgehead atoms. The van der Waals surface area contributed by atoms with Crippen LogP contribution >= 0.6 is 0 Å². The first-order valence-corrected chi connectivity index (χ1v) is 3.77. The monoisotopic (exact) mass is 161 g/mol. The van der Waals surface area contributed by atoms with Gasteiger partial charge in [-0.3, -0.25) is 0 Å². The SMILES string of the molecule is NCC#CCOc1ccccc1. The van der Waals surface area contributed by atoms with Crippen molar-refractivity contribution < 1.29 is 4.74 Å². The molecule has 0 saturated heterocycles. The van der Waals surface area contributed by atoms with Gasteiger partial charge >= 0.3 is 0 Å². The van der Waals surface area contributed by atoms with Gasteiger partial charge in [-0.25, -0.2) is 0 Å². The van der Waals surface area contributed by atoms with Gasteiger partial charge in [-0.05, 0) is 12.1 Å². The molecule has 0 fully saturated rings. The fourth-order valence-electron chi connectivity index (χ4n) is 0.759. The van der Waals surface area contributed by atoms with Gasteiger partial charge in [0.05, 0.1) is 6.54 Å². The minimum absolute atomic E-state index is 0.387. The Balaban J connectivity index is 2.34. The molecule has 0 radical (unpaired) electrons. The van der Waals surface area contributed by atoms with Gasteiger partial charge in [-0.1, -0.05) is 30.0 Å². The van der Waals surface area contributed by atoms with Crippen LogP contribution in [-0.4, -0.2) is 13.2 Å². The lowest BCUT2D eigenvalue weighted by atomic mass is 10.3. The van der Waals surface area contributed by atoms with Crippen molar-refractivity contribution in [1.29, 1.82) is 0 Å². The molecule has 0 aliphatic carbocycles. The van der Waals surface area contributed by atoms with Crippen LogP contribution in [-0.2, 0) is 0 Å². The molecule has 0 heterocycles. The van der Waals surface area contributed by atoms with Gasteiger partial charge in [0, 0.05) is 0 Å². The van der Waals surface area contributed by atoms with E-state index in [0.717, 1.165) is 5.75 Å². The number of nitrogens with two attached hydrogens (primary N) is 1. The highest BCUT2D eigenvalue weighted by atomic mass is 16.5. The molecule has 0 amide bonds. The predicted octanol–water partition coefficient (Wildman–Crippen LogP) is 1.03. The maximum atomic E-state index is 5.28. The normalized spacial score (nSPS) is 8.42. The van der Waals surface area contributed by atoms with Crippen molar-refractivity contribution in [3.63, 3.8) is 0 Å². The Morgan fingerprint density at radius 1 is 1.17 bits per heavy atom. The van der Waals surface area contributed by atoms with Crippen molar-refractivity contribution in [2.24, 2.45) is 5.73 Å². The summed E-state index contributed by atoms with van der Waals surface area (Å²) in [5, 5.41) is 0. The average Bonchev–Trinajstić information content (AvgIpc) is 2.14. The highest BCUT2D eigenvalue weighted by Crippen LogP contribution is 2.06. The van der Waals surface area contributed by atoms with Crippen LogP contribution in [0.3, 0.4) is 0 Å². The minimum Gasteiger partial charge on any atom is -0.481 e. The lowest BCUT2D eigenvalue weighted by Crippen LogP contribution is -1.97. The fourth-order valence-corrected chi connectivity index (χ4v) is 0.759. The highest BCUT2D eigenvalue weighted by Gasteiger charge is 1.85. The average molecular weight is 161 g/mol. The quantitative estimate of drug-likeness (QED) is 0.657. The Kier molecular flexibility index (Phi) is 3.76. The second-order valence-corrected chi connectivity index (χ2v) is 2.16. The van der Waals surface area contributed by atoms with Crippen LogP contribution in [0.1, 0.15) is 0 Å². The summed E-state index contributed by atoms with van der Waals surface area (Å²) in [6.07, 6.45) is 0. The van der Waals surface area contributed by atoms with Crippen molar-refractivity contribution in [2.45, 2.75) is 0 Å². The second-order valence-electron chi connectivity index (χ2n) is 2.16. The summed E-state index contributed by atoms with van der Waals surface area (Å²) < 4.78 is 5.28. The predicted molar refractivity (Wildman–Crippen MR) is 48.8 cm³/mol. The lowest BCUT2D eigenvalue weighted by molar-refractivity contribution is 0.370. The molecule has 2 N–H and O–H groups in total. The van der Waals surface area contributed by atoms with E-state index < -0.39 is 0 Å². The molecule has 1 aromatic rings. The maximum Gasteiger partial charge on any atom is 0.149 e. The standard InChI is InChI=1S/C10H11NO/c11-8-4-5-9-12-10-6-2-1-3-7-10/h1-3,6-7H,8-9,11H2. The van der Waals surface area contributed by atoms with Crippen molar-refractivity contribution in [2.75, 3.05) is 13.2 Å². The van der Waals surface area contributed by atoms with Gasteiger partial charge in [0.2, 0.25) is 0 Å². The molecular formula is C10H11NO. The Morgan fingerprint density at radius 3 is 2.58 bits per heavy atom. The van der Waals surface area contributed by atoms with Crippen molar-refractivity contribution >= 4 is 0 Å². The Labute approximate surface area is 72.3 Å². The van der Waals surface area contributed by atoms with Gasteiger partial charge in [0.1, 0.15) is 12.4 Å². The first kappa shape index (κ1) is 8.63. The summed E-state index contributed by atoms with van der Waals surface area (Å²) in [7, 11) is 0. The first-order valence-electron chi connectivity index (χ1n) is 3.77. The minimum atomic E-state index is 0.387. The zero-order chi connectivity index (χ0) is 8.65. The zero-order valence-corrected chi connectivity index (χ0v) is 6.79. The Morgan fingerprint density at radius 2 is 1.92 bits per heavy atom. The third-order valence-corrected chi connectivity index (χ3v) is 1.28. The number of benzene rings is 1. The van der Waals surface area contributed by atoms with Crippen LogP contribution in [0.25, 0.3) is 0 Å². The third-order valence-electron chi connectivity index (χ3n) is 1.28. The van der Waals surface area contributed by atoms with E-state index in [1.165, 1.54) is 0 Å². The molecular weight excluding hydrogens is 150 g/mol. The molecule has 0 saturated carbocycles. The summed E-state index contributed by atoms with van der Waals surface area (Å²) in [6, 6.07) is 9.57. The van der Waals surface area contributed by atoms with E-state index in [0.29, 0.717) is 13.2 Å². The van der Waals surface area contributed by atoms with Crippen molar-refractivity contribution in [1.82, 2.24) is 0 Å². The molecule has 12 heavy (non-hydrogen) atoms. The Hall–Kier alpha value is -1.46. The maximum absolute atomic E-state index is 5.28. The van der Waals surface area contributed by atoms with E-state index >= 15 is 0 Å². The lowest BCUT2D eigenvalue weighted by Gasteiger charge is -1.99. The summed E-state index contributed by atoms with van der Waals surface area (Å²) in [6.45, 7) is 0.791. The van der Waals surface area contributed by atoms with Crippen LogP contribution in [0.4, 0.5) is 0 Å². The van der Waals surface area contributed by atoms with Crippen LogP contribution in [0.2, 0.25) is 0 Å². The molecule has 0 aliphatic heterocycles. The smallest absolute Gasteiger partial charge is 0.149 e. The van der Waals surface area contributed by atoms with E-state index in [1.807, 2.05) is 30.3 Å². The van der Waals surface area contributed by atoms with Crippen LogP contribution < -0.4 is 10.5 Å². The molecule has 62 valence electrons. The van der Waals surface area contributed by atoms with Crippen LogP contribution in [0, 0.1) is 11.8 Å². The van der Waals surface area contributed by atoms with E-state index in [4.69, 9.17) is 10.5 Å². The first-order chi connectivity index (χ1) is 5.93. The van der Waals surface area contributed by atoms with Crippen LogP contribution in [0.15, 0.2) is 30.3 Å². The molecule has 0 aromatic heterocycles. The van der Waals surface area contributed by atoms with Crippen LogP contribution in [0.5, 0.6) is 5.75 Å². The number of hydrogen-bond acceptors (Lipinski definition) is 2. The molecule has 1 aromatic carbocycles. The molecule has 2 heteroatoms. The van der Waals surface area contributed by atoms with E-state index in [9.17, 15) is 0 Å². The van der Waals surface area contributed by atoms with Gasteiger partial charge in [-0.2, -0.15) is 0 Å². The molecule has 0 aliphatic rings. The molecule has 0 atom stereocenters. The van der Waals surface area contributed by atoms with Gasteiger partial charge in [0.25, 0.3) is 0 Å². The second kappa shape index (κ2) is 5.22. The van der Waals surface area contributed by atoms with Gasteiger partial charge in [-0.15, -0.1) is 0 Å². The third kappa shape index (κ3) is 3.09. The highest BCUT2D eigenvalue weighted by molar-refractivity contribution is 5.21. The summed E-state index contributed by atoms with van der Waals surface area (Å²) in [4.78, 5) is 0. The number of ether oxygens (including phenoxy) is 1. The number of rotatable bonds is 2. The largest absolute Gasteiger partial charge is 0.481 e. The summed E-state index contributed by atoms with van der Waals surface area (Å²) in [5.41, 5.74) is 5.18. The topological polar surface area (TPSA) is 35.2 Å². The fraction of sp³-hybridized carbons (Fsp3) is 0.200.